The first kappa shape index (κ1) is 13.6. The number of pyridine rings is 1. The van der Waals surface area contributed by atoms with E-state index in [4.69, 9.17) is 5.11 Å². The Balaban J connectivity index is 2.20. The van der Waals surface area contributed by atoms with Crippen LogP contribution in [0.1, 0.15) is 16.8 Å². The zero-order chi connectivity index (χ0) is 13.8. The molecule has 0 amide bonds. The zero-order valence-electron chi connectivity index (χ0n) is 10.8. The van der Waals surface area contributed by atoms with Crippen LogP contribution in [0, 0.1) is 13.8 Å². The van der Waals surface area contributed by atoms with Crippen LogP contribution in [0.4, 0.5) is 0 Å². The van der Waals surface area contributed by atoms with Crippen molar-refractivity contribution < 1.29 is 9.90 Å². The molecule has 0 bridgehead atoms. The minimum absolute atomic E-state index is 0.0196. The lowest BCUT2D eigenvalue weighted by Crippen LogP contribution is -2.04. The van der Waals surface area contributed by atoms with Crippen molar-refractivity contribution in [3.8, 4) is 0 Å². The van der Waals surface area contributed by atoms with Gasteiger partial charge in [0.25, 0.3) is 0 Å². The van der Waals surface area contributed by atoms with Gasteiger partial charge in [0.15, 0.2) is 5.16 Å². The maximum Gasteiger partial charge on any atom is 0.313 e. The van der Waals surface area contributed by atoms with E-state index >= 15 is 0 Å². The summed E-state index contributed by atoms with van der Waals surface area (Å²) in [7, 11) is 0. The second-order valence-corrected chi connectivity index (χ2v) is 5.22. The predicted octanol–water partition coefficient (Wildman–Crippen LogP) is 2.12. The first-order valence-corrected chi connectivity index (χ1v) is 6.82. The second-order valence-electron chi connectivity index (χ2n) is 4.28. The first-order chi connectivity index (χ1) is 9.06. The number of carbonyl (C=O) groups is 1. The number of carboxylic acids is 1. The number of carboxylic acid groups (broad SMARTS) is 1. The molecule has 5 nitrogen and oxygen atoms in total. The average Bonchev–Trinajstić information content (AvgIpc) is 2.70. The van der Waals surface area contributed by atoms with E-state index in [-0.39, 0.29) is 5.75 Å². The van der Waals surface area contributed by atoms with Gasteiger partial charge in [-0.3, -0.25) is 9.78 Å². The van der Waals surface area contributed by atoms with Gasteiger partial charge in [-0.25, -0.2) is 4.98 Å². The summed E-state index contributed by atoms with van der Waals surface area (Å²) < 4.78 is 1.98. The SMILES string of the molecule is Cc1cn(Cc2ccncc2C)c(SCC(=O)O)n1. The third-order valence-electron chi connectivity index (χ3n) is 2.66. The molecule has 0 aromatic carbocycles. The van der Waals surface area contributed by atoms with Crippen molar-refractivity contribution in [2.75, 3.05) is 5.75 Å². The van der Waals surface area contributed by atoms with Crippen molar-refractivity contribution >= 4 is 17.7 Å². The van der Waals surface area contributed by atoms with Crippen LogP contribution < -0.4 is 0 Å². The van der Waals surface area contributed by atoms with Gasteiger partial charge < -0.3 is 9.67 Å². The Morgan fingerprint density at radius 1 is 1.47 bits per heavy atom. The number of aromatic nitrogens is 3. The number of hydrogen-bond acceptors (Lipinski definition) is 4. The van der Waals surface area contributed by atoms with Crippen LogP contribution in [0.15, 0.2) is 29.8 Å². The highest BCUT2D eigenvalue weighted by Crippen LogP contribution is 2.19. The molecule has 0 radical (unpaired) electrons. The van der Waals surface area contributed by atoms with Gasteiger partial charge in [0.05, 0.1) is 11.4 Å². The highest BCUT2D eigenvalue weighted by atomic mass is 32.2. The normalized spacial score (nSPS) is 10.6. The van der Waals surface area contributed by atoms with Crippen molar-refractivity contribution in [3.05, 3.63) is 41.5 Å². The molecule has 2 rings (SSSR count). The van der Waals surface area contributed by atoms with Crippen molar-refractivity contribution in [3.63, 3.8) is 0 Å². The highest BCUT2D eigenvalue weighted by molar-refractivity contribution is 7.99. The molecule has 0 fully saturated rings. The molecular formula is C13H15N3O2S. The summed E-state index contributed by atoms with van der Waals surface area (Å²) in [5, 5.41) is 9.47. The molecule has 0 aliphatic heterocycles. The summed E-state index contributed by atoms with van der Waals surface area (Å²) >= 11 is 1.24. The van der Waals surface area contributed by atoms with Crippen LogP contribution in [0.3, 0.4) is 0 Å². The van der Waals surface area contributed by atoms with Gasteiger partial charge in [0.1, 0.15) is 0 Å². The number of hydrogen-bond donors (Lipinski definition) is 1. The fraction of sp³-hybridized carbons (Fsp3) is 0.308. The fourth-order valence-electron chi connectivity index (χ4n) is 1.74. The van der Waals surface area contributed by atoms with E-state index in [1.807, 2.05) is 36.9 Å². The maximum absolute atomic E-state index is 10.6. The van der Waals surface area contributed by atoms with Gasteiger partial charge in [-0.2, -0.15) is 0 Å². The molecule has 0 spiro atoms. The maximum atomic E-state index is 10.6. The molecule has 2 heterocycles. The molecule has 19 heavy (non-hydrogen) atoms. The van der Waals surface area contributed by atoms with Crippen molar-refractivity contribution in [2.45, 2.75) is 25.5 Å². The minimum atomic E-state index is -0.836. The molecule has 2 aromatic heterocycles. The smallest absolute Gasteiger partial charge is 0.313 e. The lowest BCUT2D eigenvalue weighted by atomic mass is 10.1. The monoisotopic (exact) mass is 277 g/mol. The van der Waals surface area contributed by atoms with Gasteiger partial charge in [-0.15, -0.1) is 0 Å². The minimum Gasteiger partial charge on any atom is -0.481 e. The molecule has 0 atom stereocenters. The molecule has 6 heteroatoms. The number of aryl methyl sites for hydroxylation is 2. The van der Waals surface area contributed by atoms with Crippen LogP contribution in [-0.2, 0) is 11.3 Å². The first-order valence-electron chi connectivity index (χ1n) is 5.84. The Kier molecular flexibility index (Phi) is 4.21. The Labute approximate surface area is 115 Å². The summed E-state index contributed by atoms with van der Waals surface area (Å²) in [6, 6.07) is 1.97. The van der Waals surface area contributed by atoms with Gasteiger partial charge in [-0.1, -0.05) is 11.8 Å². The number of nitrogens with zero attached hydrogens (tertiary/aromatic N) is 3. The zero-order valence-corrected chi connectivity index (χ0v) is 11.6. The lowest BCUT2D eigenvalue weighted by molar-refractivity contribution is -0.133. The summed E-state index contributed by atoms with van der Waals surface area (Å²) in [6.45, 7) is 4.59. The van der Waals surface area contributed by atoms with Crippen molar-refractivity contribution in [1.82, 2.24) is 14.5 Å². The largest absolute Gasteiger partial charge is 0.481 e. The van der Waals surface area contributed by atoms with Gasteiger partial charge in [0.2, 0.25) is 0 Å². The van der Waals surface area contributed by atoms with Gasteiger partial charge >= 0.3 is 5.97 Å². The Hall–Kier alpha value is -1.82. The van der Waals surface area contributed by atoms with E-state index in [1.165, 1.54) is 11.8 Å². The fourth-order valence-corrected chi connectivity index (χ4v) is 2.49. The number of rotatable bonds is 5. The van der Waals surface area contributed by atoms with Crippen LogP contribution in [-0.4, -0.2) is 31.4 Å². The topological polar surface area (TPSA) is 68.0 Å². The summed E-state index contributed by atoms with van der Waals surface area (Å²) in [5.41, 5.74) is 3.16. The number of imidazole rings is 1. The van der Waals surface area contributed by atoms with Crippen LogP contribution in [0.25, 0.3) is 0 Å². The molecular weight excluding hydrogens is 262 g/mol. The summed E-state index contributed by atoms with van der Waals surface area (Å²) in [6.07, 6.45) is 5.52. The summed E-state index contributed by atoms with van der Waals surface area (Å²) in [4.78, 5) is 19.1. The molecule has 0 saturated carbocycles. The second kappa shape index (κ2) is 5.88. The van der Waals surface area contributed by atoms with E-state index < -0.39 is 5.97 Å². The van der Waals surface area contributed by atoms with Crippen LogP contribution >= 0.6 is 11.8 Å². The quantitative estimate of drug-likeness (QED) is 0.848. The van der Waals surface area contributed by atoms with Crippen molar-refractivity contribution in [2.24, 2.45) is 0 Å². The third kappa shape index (κ3) is 3.57. The molecule has 100 valence electrons. The van der Waals surface area contributed by atoms with Crippen molar-refractivity contribution in [1.29, 1.82) is 0 Å². The standard InChI is InChI=1S/C13H15N3O2S/c1-9-5-14-4-3-11(9)7-16-6-10(2)15-13(16)19-8-12(17)18/h3-6H,7-8H2,1-2H3,(H,17,18). The van der Waals surface area contributed by atoms with Gasteiger partial charge in [0, 0.05) is 25.1 Å². The predicted molar refractivity (Wildman–Crippen MR) is 73.4 cm³/mol. The summed E-state index contributed by atoms with van der Waals surface area (Å²) in [5.74, 6) is -0.816. The molecule has 2 aromatic rings. The Morgan fingerprint density at radius 2 is 2.26 bits per heavy atom. The van der Waals surface area contributed by atoms with E-state index in [1.54, 1.807) is 6.20 Å². The van der Waals surface area contributed by atoms with E-state index in [0.717, 1.165) is 22.0 Å². The van der Waals surface area contributed by atoms with Crippen LogP contribution in [0.5, 0.6) is 0 Å². The Morgan fingerprint density at radius 3 is 2.95 bits per heavy atom. The molecule has 0 unspecified atom stereocenters. The molecule has 0 saturated heterocycles. The molecule has 0 aliphatic rings. The van der Waals surface area contributed by atoms with E-state index in [0.29, 0.717) is 6.54 Å². The Bertz CT molecular complexity index is 595. The average molecular weight is 277 g/mol. The third-order valence-corrected chi connectivity index (χ3v) is 3.64. The number of aliphatic carboxylic acids is 1. The number of thioether (sulfide) groups is 1. The van der Waals surface area contributed by atoms with Gasteiger partial charge in [-0.05, 0) is 31.0 Å². The van der Waals surface area contributed by atoms with E-state index in [2.05, 4.69) is 9.97 Å². The lowest BCUT2D eigenvalue weighted by Gasteiger charge is -2.08. The van der Waals surface area contributed by atoms with Crippen LogP contribution in [0.2, 0.25) is 0 Å². The van der Waals surface area contributed by atoms with E-state index in [9.17, 15) is 4.79 Å². The highest BCUT2D eigenvalue weighted by Gasteiger charge is 2.10. The molecule has 0 aliphatic carbocycles. The molecule has 1 N–H and O–H groups in total.